The molecule has 0 bridgehead atoms. The molecule has 0 saturated carbocycles. The molecule has 0 amide bonds. The average Bonchev–Trinajstić information content (AvgIpc) is 2.68. The van der Waals surface area contributed by atoms with Crippen molar-refractivity contribution in [2.24, 2.45) is 0 Å². The van der Waals surface area contributed by atoms with Gasteiger partial charge in [0.2, 0.25) is 11.8 Å². The van der Waals surface area contributed by atoms with E-state index in [1.807, 2.05) is 25.1 Å². The van der Waals surface area contributed by atoms with Gasteiger partial charge in [-0.05, 0) is 24.1 Å². The van der Waals surface area contributed by atoms with Crippen molar-refractivity contribution in [3.63, 3.8) is 0 Å². The smallest absolute Gasteiger partial charge is 0.336 e. The molecule has 140 valence electrons. The summed E-state index contributed by atoms with van der Waals surface area (Å²) < 4.78 is 10.5. The van der Waals surface area contributed by atoms with Crippen LogP contribution in [-0.2, 0) is 6.54 Å². The van der Waals surface area contributed by atoms with Crippen molar-refractivity contribution in [1.29, 1.82) is 0 Å². The van der Waals surface area contributed by atoms with Gasteiger partial charge in [0.15, 0.2) is 0 Å². The molecule has 0 radical (unpaired) electrons. The number of fused-ring (bicyclic) bond motifs is 1. The predicted octanol–water partition coefficient (Wildman–Crippen LogP) is 2.22. The number of hydrogen-bond donors (Lipinski definition) is 0. The van der Waals surface area contributed by atoms with Crippen LogP contribution in [0.25, 0.3) is 11.0 Å². The number of aryl methyl sites for hydroxylation is 1. The molecule has 2 aromatic heterocycles. The highest BCUT2D eigenvalue weighted by Gasteiger charge is 2.20. The Balaban J connectivity index is 1.48. The summed E-state index contributed by atoms with van der Waals surface area (Å²) in [5.41, 5.74) is 2.44. The van der Waals surface area contributed by atoms with E-state index in [1.165, 1.54) is 0 Å². The van der Waals surface area contributed by atoms with Gasteiger partial charge in [-0.2, -0.15) is 4.98 Å². The zero-order valence-corrected chi connectivity index (χ0v) is 15.5. The van der Waals surface area contributed by atoms with E-state index in [4.69, 9.17) is 9.15 Å². The minimum absolute atomic E-state index is 0.300. The van der Waals surface area contributed by atoms with Gasteiger partial charge in [-0.15, -0.1) is 0 Å². The van der Waals surface area contributed by atoms with Crippen molar-refractivity contribution in [3.05, 3.63) is 58.1 Å². The maximum Gasteiger partial charge on any atom is 0.336 e. The monoisotopic (exact) mass is 366 g/mol. The highest BCUT2D eigenvalue weighted by atomic mass is 16.5. The SMILES string of the molecule is COc1ccnc(N2CCN(Cc3cc(=O)oc4cc(C)ccc34)CC2)n1. The molecule has 1 fully saturated rings. The lowest BCUT2D eigenvalue weighted by atomic mass is 10.1. The molecule has 1 aliphatic rings. The number of nitrogens with zero attached hydrogens (tertiary/aromatic N) is 4. The van der Waals surface area contributed by atoms with Gasteiger partial charge in [0.05, 0.1) is 7.11 Å². The molecule has 0 unspecified atom stereocenters. The van der Waals surface area contributed by atoms with Gasteiger partial charge in [-0.1, -0.05) is 12.1 Å². The third kappa shape index (κ3) is 3.78. The Morgan fingerprint density at radius 1 is 1.15 bits per heavy atom. The highest BCUT2D eigenvalue weighted by molar-refractivity contribution is 5.80. The summed E-state index contributed by atoms with van der Waals surface area (Å²) in [6.07, 6.45) is 1.71. The lowest BCUT2D eigenvalue weighted by molar-refractivity contribution is 0.249. The van der Waals surface area contributed by atoms with Gasteiger partial charge in [0.25, 0.3) is 0 Å². The Morgan fingerprint density at radius 3 is 2.74 bits per heavy atom. The summed E-state index contributed by atoms with van der Waals surface area (Å²) >= 11 is 0. The third-order valence-corrected chi connectivity index (χ3v) is 4.86. The molecule has 0 atom stereocenters. The second kappa shape index (κ2) is 7.36. The number of ether oxygens (including phenoxy) is 1. The molecule has 27 heavy (non-hydrogen) atoms. The predicted molar refractivity (Wildman–Crippen MR) is 103 cm³/mol. The molecular weight excluding hydrogens is 344 g/mol. The molecule has 4 rings (SSSR count). The first-order chi connectivity index (χ1) is 13.1. The number of benzene rings is 1. The second-order valence-electron chi connectivity index (χ2n) is 6.75. The fourth-order valence-corrected chi connectivity index (χ4v) is 3.41. The number of rotatable bonds is 4. The van der Waals surface area contributed by atoms with Gasteiger partial charge < -0.3 is 14.1 Å². The Kier molecular flexibility index (Phi) is 4.77. The van der Waals surface area contributed by atoms with E-state index >= 15 is 0 Å². The molecule has 7 heteroatoms. The van der Waals surface area contributed by atoms with E-state index < -0.39 is 0 Å². The minimum atomic E-state index is -0.300. The second-order valence-corrected chi connectivity index (χ2v) is 6.75. The molecule has 7 nitrogen and oxygen atoms in total. The first-order valence-corrected chi connectivity index (χ1v) is 9.00. The van der Waals surface area contributed by atoms with Crippen LogP contribution in [0.2, 0.25) is 0 Å². The number of piperazine rings is 1. The van der Waals surface area contributed by atoms with Crippen molar-refractivity contribution < 1.29 is 9.15 Å². The molecule has 3 aromatic rings. The van der Waals surface area contributed by atoms with E-state index in [2.05, 4.69) is 19.8 Å². The van der Waals surface area contributed by atoms with Gasteiger partial charge in [0.1, 0.15) is 5.58 Å². The summed E-state index contributed by atoms with van der Waals surface area (Å²) in [7, 11) is 1.60. The largest absolute Gasteiger partial charge is 0.481 e. The Morgan fingerprint density at radius 2 is 1.96 bits per heavy atom. The van der Waals surface area contributed by atoms with Crippen LogP contribution < -0.4 is 15.3 Å². The van der Waals surface area contributed by atoms with Crippen LogP contribution in [0.15, 0.2) is 45.7 Å². The summed E-state index contributed by atoms with van der Waals surface area (Å²) in [6, 6.07) is 9.34. The number of aromatic nitrogens is 2. The maximum atomic E-state index is 11.9. The van der Waals surface area contributed by atoms with Crippen LogP contribution in [0.5, 0.6) is 5.88 Å². The third-order valence-electron chi connectivity index (χ3n) is 4.86. The Labute approximate surface area is 157 Å². The van der Waals surface area contributed by atoms with Gasteiger partial charge in [-0.25, -0.2) is 9.78 Å². The number of methoxy groups -OCH3 is 1. The van der Waals surface area contributed by atoms with Gasteiger partial charge >= 0.3 is 5.63 Å². The lowest BCUT2D eigenvalue weighted by Gasteiger charge is -2.34. The van der Waals surface area contributed by atoms with Gasteiger partial charge in [-0.3, -0.25) is 4.90 Å². The molecular formula is C20H22N4O3. The minimum Gasteiger partial charge on any atom is -0.481 e. The van der Waals surface area contributed by atoms with E-state index in [-0.39, 0.29) is 5.63 Å². The van der Waals surface area contributed by atoms with E-state index in [0.29, 0.717) is 17.4 Å². The molecule has 0 aliphatic carbocycles. The fourth-order valence-electron chi connectivity index (χ4n) is 3.41. The molecule has 3 heterocycles. The Bertz CT molecular complexity index is 1010. The number of hydrogen-bond acceptors (Lipinski definition) is 7. The summed E-state index contributed by atoms with van der Waals surface area (Å²) in [5, 5.41) is 0.999. The number of anilines is 1. The van der Waals surface area contributed by atoms with Crippen molar-refractivity contribution in [1.82, 2.24) is 14.9 Å². The highest BCUT2D eigenvalue weighted by Crippen LogP contribution is 2.21. The zero-order chi connectivity index (χ0) is 18.8. The first-order valence-electron chi connectivity index (χ1n) is 9.00. The average molecular weight is 366 g/mol. The summed E-state index contributed by atoms with van der Waals surface area (Å²) in [5.74, 6) is 1.26. The topological polar surface area (TPSA) is 71.7 Å². The van der Waals surface area contributed by atoms with Crippen molar-refractivity contribution in [3.8, 4) is 5.88 Å². The van der Waals surface area contributed by atoms with Crippen molar-refractivity contribution >= 4 is 16.9 Å². The van der Waals surface area contributed by atoms with Crippen LogP contribution in [0, 0.1) is 6.92 Å². The van der Waals surface area contributed by atoms with Crippen LogP contribution in [0.1, 0.15) is 11.1 Å². The molecule has 0 spiro atoms. The van der Waals surface area contributed by atoms with E-state index in [1.54, 1.807) is 25.4 Å². The van der Waals surface area contributed by atoms with Gasteiger partial charge in [0, 0.05) is 56.4 Å². The van der Waals surface area contributed by atoms with E-state index in [9.17, 15) is 4.79 Å². The molecule has 1 saturated heterocycles. The van der Waals surface area contributed by atoms with Crippen LogP contribution in [0.4, 0.5) is 5.95 Å². The lowest BCUT2D eigenvalue weighted by Crippen LogP contribution is -2.46. The van der Waals surface area contributed by atoms with Crippen LogP contribution >= 0.6 is 0 Å². The first kappa shape index (κ1) is 17.5. The molecule has 0 N–H and O–H groups in total. The zero-order valence-electron chi connectivity index (χ0n) is 15.5. The summed E-state index contributed by atoms with van der Waals surface area (Å²) in [6.45, 7) is 6.10. The molecule has 1 aliphatic heterocycles. The summed E-state index contributed by atoms with van der Waals surface area (Å²) in [4.78, 5) is 25.2. The van der Waals surface area contributed by atoms with Crippen molar-refractivity contribution in [2.75, 3.05) is 38.2 Å². The Hall–Kier alpha value is -2.93. The van der Waals surface area contributed by atoms with Crippen LogP contribution in [0.3, 0.4) is 0 Å². The maximum absolute atomic E-state index is 11.9. The standard InChI is InChI=1S/C20H22N4O3/c1-14-3-4-16-15(12-19(25)27-17(16)11-14)13-23-7-9-24(10-8-23)20-21-6-5-18(22-20)26-2/h3-6,11-12H,7-10,13H2,1-2H3. The fraction of sp³-hybridized carbons (Fsp3) is 0.350. The van der Waals surface area contributed by atoms with E-state index in [0.717, 1.165) is 49.2 Å². The van der Waals surface area contributed by atoms with Crippen molar-refractivity contribution in [2.45, 2.75) is 13.5 Å². The normalized spacial score (nSPS) is 15.3. The van der Waals surface area contributed by atoms with Crippen LogP contribution in [-0.4, -0.2) is 48.2 Å². The quantitative estimate of drug-likeness (QED) is 0.656. The molecule has 1 aromatic carbocycles.